The zero-order valence-corrected chi connectivity index (χ0v) is 22.9. The van der Waals surface area contributed by atoms with E-state index in [0.717, 1.165) is 30.5 Å². The van der Waals surface area contributed by atoms with Crippen LogP contribution in [0.15, 0.2) is 60.8 Å². The van der Waals surface area contributed by atoms with Crippen molar-refractivity contribution in [3.8, 4) is 11.4 Å². The molecule has 4 rings (SSSR count). The molecule has 1 aromatic carbocycles. The summed E-state index contributed by atoms with van der Waals surface area (Å²) in [4.78, 5) is 12.6. The topological polar surface area (TPSA) is 88.1 Å². The molecule has 0 bridgehead atoms. The molecule has 14 heteroatoms. The van der Waals surface area contributed by atoms with Crippen LogP contribution >= 0.6 is 0 Å². The Hall–Kier alpha value is -3.78. The van der Waals surface area contributed by atoms with Gasteiger partial charge in [-0.2, -0.15) is 30.6 Å². The average molecular weight is 598 g/mol. The molecule has 0 aliphatic carbocycles. The second-order valence-electron chi connectivity index (χ2n) is 9.78. The normalized spacial score (nSPS) is 12.9. The Morgan fingerprint density at radius 3 is 2.20 bits per heavy atom. The summed E-state index contributed by atoms with van der Waals surface area (Å²) in [7, 11) is -3.66. The average Bonchev–Trinajstić information content (AvgIpc) is 2.86. The summed E-state index contributed by atoms with van der Waals surface area (Å²) in [6.07, 6.45) is -6.97. The number of halogens is 6. The Kier molecular flexibility index (Phi) is 8.28. The lowest BCUT2D eigenvalue weighted by atomic mass is 10.1. The lowest BCUT2D eigenvalue weighted by Gasteiger charge is -2.22. The molecule has 7 nitrogen and oxygen atoms in total. The van der Waals surface area contributed by atoms with Crippen molar-refractivity contribution in [2.75, 3.05) is 18.1 Å². The third-order valence-electron chi connectivity index (χ3n) is 5.95. The SMILES string of the molecule is CC(C)CN(Cc1cc(Nc2ccc(C(F)(F)F)cc2)c2ccc(-c3ncccc3C(F)(F)F)nc2n1)S(C)(=O)=O. The number of pyridine rings is 3. The van der Waals surface area contributed by atoms with Crippen LogP contribution in [0.25, 0.3) is 22.4 Å². The molecular formula is C27H25F6N5O2S. The van der Waals surface area contributed by atoms with Crippen molar-refractivity contribution >= 4 is 32.4 Å². The smallest absolute Gasteiger partial charge is 0.355 e. The molecule has 0 unspecified atom stereocenters. The van der Waals surface area contributed by atoms with E-state index in [1.165, 1.54) is 40.8 Å². The number of benzene rings is 1. The zero-order valence-electron chi connectivity index (χ0n) is 22.0. The Bertz CT molecular complexity index is 1660. The Morgan fingerprint density at radius 2 is 1.61 bits per heavy atom. The Balaban J connectivity index is 1.85. The van der Waals surface area contributed by atoms with E-state index in [2.05, 4.69) is 20.3 Å². The van der Waals surface area contributed by atoms with Gasteiger partial charge in [-0.3, -0.25) is 4.98 Å². The third kappa shape index (κ3) is 7.30. The summed E-state index contributed by atoms with van der Waals surface area (Å²) in [5.41, 5.74) is -1.55. The number of nitrogens with one attached hydrogen (secondary N) is 1. The van der Waals surface area contributed by atoms with E-state index in [1.807, 2.05) is 13.8 Å². The maximum Gasteiger partial charge on any atom is 0.418 e. The summed E-state index contributed by atoms with van der Waals surface area (Å²) in [5, 5.41) is 3.35. The molecule has 41 heavy (non-hydrogen) atoms. The first kappa shape index (κ1) is 30.2. The second kappa shape index (κ2) is 11.2. The van der Waals surface area contributed by atoms with Crippen LogP contribution < -0.4 is 5.32 Å². The fraction of sp³-hybridized carbons (Fsp3) is 0.296. The molecule has 4 aromatic rings. The number of hydrogen-bond donors (Lipinski definition) is 1. The minimum absolute atomic E-state index is 0.00816. The summed E-state index contributed by atoms with van der Waals surface area (Å²) in [6.45, 7) is 3.68. The molecule has 0 aliphatic rings. The van der Waals surface area contributed by atoms with Gasteiger partial charge in [0.2, 0.25) is 10.0 Å². The lowest BCUT2D eigenvalue weighted by molar-refractivity contribution is -0.138. The number of anilines is 2. The molecule has 0 fully saturated rings. The third-order valence-corrected chi connectivity index (χ3v) is 7.17. The molecule has 0 saturated heterocycles. The fourth-order valence-electron chi connectivity index (χ4n) is 4.11. The van der Waals surface area contributed by atoms with Crippen LogP contribution in [-0.2, 0) is 28.9 Å². The van der Waals surface area contributed by atoms with E-state index < -0.39 is 39.2 Å². The Labute approximate surface area is 232 Å². The zero-order chi connectivity index (χ0) is 30.2. The maximum absolute atomic E-state index is 13.7. The van der Waals surface area contributed by atoms with Gasteiger partial charge in [0.05, 0.1) is 41.0 Å². The molecule has 0 atom stereocenters. The highest BCUT2D eigenvalue weighted by Crippen LogP contribution is 2.36. The Morgan fingerprint density at radius 1 is 0.927 bits per heavy atom. The second-order valence-corrected chi connectivity index (χ2v) is 11.8. The molecule has 3 heterocycles. The van der Waals surface area contributed by atoms with E-state index in [-0.39, 0.29) is 41.7 Å². The number of fused-ring (bicyclic) bond motifs is 1. The van der Waals surface area contributed by atoms with E-state index in [0.29, 0.717) is 11.1 Å². The van der Waals surface area contributed by atoms with Gasteiger partial charge in [0.15, 0.2) is 5.65 Å². The minimum Gasteiger partial charge on any atom is -0.355 e. The number of hydrogen-bond acceptors (Lipinski definition) is 6. The minimum atomic E-state index is -4.70. The first-order chi connectivity index (χ1) is 19.0. The monoisotopic (exact) mass is 597 g/mol. The predicted molar refractivity (Wildman–Crippen MR) is 143 cm³/mol. The number of sulfonamides is 1. The lowest BCUT2D eigenvalue weighted by Crippen LogP contribution is -2.33. The van der Waals surface area contributed by atoms with Gasteiger partial charge >= 0.3 is 12.4 Å². The molecule has 0 amide bonds. The largest absolute Gasteiger partial charge is 0.418 e. The fourth-order valence-corrected chi connectivity index (χ4v) is 5.05. The highest BCUT2D eigenvalue weighted by atomic mass is 32.2. The van der Waals surface area contributed by atoms with Crippen molar-refractivity contribution < 1.29 is 34.8 Å². The molecule has 0 saturated carbocycles. The highest BCUT2D eigenvalue weighted by molar-refractivity contribution is 7.88. The summed E-state index contributed by atoms with van der Waals surface area (Å²) in [5.74, 6) is -0.0235. The number of alkyl halides is 6. The van der Waals surface area contributed by atoms with Gasteiger partial charge in [0.25, 0.3) is 0 Å². The van der Waals surface area contributed by atoms with Crippen molar-refractivity contribution in [1.29, 1.82) is 0 Å². The molecule has 1 N–H and O–H groups in total. The quantitative estimate of drug-likeness (QED) is 0.223. The van der Waals surface area contributed by atoms with Crippen LogP contribution in [0, 0.1) is 5.92 Å². The maximum atomic E-state index is 13.7. The van der Waals surface area contributed by atoms with Crippen molar-refractivity contribution in [2.45, 2.75) is 32.7 Å². The molecule has 0 aliphatic heterocycles. The van der Waals surface area contributed by atoms with Crippen LogP contribution in [0.1, 0.15) is 30.7 Å². The number of rotatable bonds is 8. The molecule has 0 spiro atoms. The van der Waals surface area contributed by atoms with Crippen LogP contribution in [0.2, 0.25) is 0 Å². The molecule has 218 valence electrons. The van der Waals surface area contributed by atoms with E-state index in [9.17, 15) is 34.8 Å². The molecular weight excluding hydrogens is 572 g/mol. The van der Waals surface area contributed by atoms with Crippen molar-refractivity contribution in [3.63, 3.8) is 0 Å². The summed E-state index contributed by atoms with van der Waals surface area (Å²) in [6, 6.07) is 10.6. The first-order valence-corrected chi connectivity index (χ1v) is 14.1. The van der Waals surface area contributed by atoms with Crippen molar-refractivity contribution in [3.05, 3.63) is 77.6 Å². The van der Waals surface area contributed by atoms with Crippen LogP contribution in [0.4, 0.5) is 37.7 Å². The molecule has 0 radical (unpaired) electrons. The van der Waals surface area contributed by atoms with E-state index in [1.54, 1.807) is 0 Å². The number of aromatic nitrogens is 3. The predicted octanol–water partition coefficient (Wildman–Crippen LogP) is 6.89. The van der Waals surface area contributed by atoms with Crippen molar-refractivity contribution in [1.82, 2.24) is 19.3 Å². The van der Waals surface area contributed by atoms with Crippen LogP contribution in [0.3, 0.4) is 0 Å². The van der Waals surface area contributed by atoms with Gasteiger partial charge < -0.3 is 5.32 Å². The van der Waals surface area contributed by atoms with Crippen LogP contribution in [0.5, 0.6) is 0 Å². The van der Waals surface area contributed by atoms with Gasteiger partial charge in [-0.15, -0.1) is 0 Å². The molecule has 3 aromatic heterocycles. The van der Waals surface area contributed by atoms with E-state index >= 15 is 0 Å². The van der Waals surface area contributed by atoms with Gasteiger partial charge in [0, 0.05) is 23.8 Å². The summed E-state index contributed by atoms with van der Waals surface area (Å²) < 4.78 is 106. The van der Waals surface area contributed by atoms with E-state index in [4.69, 9.17) is 0 Å². The van der Waals surface area contributed by atoms with Crippen molar-refractivity contribution in [2.24, 2.45) is 5.92 Å². The number of nitrogens with zero attached hydrogens (tertiary/aromatic N) is 4. The van der Waals surface area contributed by atoms with Gasteiger partial charge in [-0.1, -0.05) is 13.8 Å². The first-order valence-electron chi connectivity index (χ1n) is 12.2. The standard InChI is InChI=1S/C27H25F6N5O2S/c1-16(2)14-38(41(3,39)40)15-19-13-23(35-18-8-6-17(7-9-18)26(28,29)30)20-10-11-22(37-25(20)36-19)24-21(27(31,32)33)5-4-12-34-24/h4-13,16H,14-15H2,1-3H3,(H,35,36,37). The van der Waals surface area contributed by atoms with Crippen LogP contribution in [-0.4, -0.2) is 40.5 Å². The summed E-state index contributed by atoms with van der Waals surface area (Å²) >= 11 is 0. The van der Waals surface area contributed by atoms with Gasteiger partial charge in [-0.05, 0) is 60.5 Å². The van der Waals surface area contributed by atoms with Gasteiger partial charge in [-0.25, -0.2) is 18.4 Å². The van der Waals surface area contributed by atoms with Gasteiger partial charge in [0.1, 0.15) is 5.69 Å². The highest BCUT2D eigenvalue weighted by Gasteiger charge is 2.35.